The van der Waals surface area contributed by atoms with Gasteiger partial charge < -0.3 is 10.4 Å². The predicted octanol–water partition coefficient (Wildman–Crippen LogP) is 2.16. The molecule has 1 aliphatic rings. The minimum atomic E-state index is -3.76. The van der Waals surface area contributed by atoms with E-state index in [0.717, 1.165) is 17.3 Å². The number of benzene rings is 2. The van der Waals surface area contributed by atoms with E-state index < -0.39 is 10.0 Å². The van der Waals surface area contributed by atoms with Gasteiger partial charge >= 0.3 is 0 Å². The smallest absolute Gasteiger partial charge is 0.245 e. The summed E-state index contributed by atoms with van der Waals surface area (Å²) in [7, 11) is -3.76. The molecule has 2 N–H and O–H groups in total. The van der Waals surface area contributed by atoms with E-state index in [0.29, 0.717) is 43.4 Å². The fourth-order valence-electron chi connectivity index (χ4n) is 3.64. The molecule has 0 radical (unpaired) electrons. The first-order chi connectivity index (χ1) is 14.4. The van der Waals surface area contributed by atoms with Crippen molar-refractivity contribution in [3.63, 3.8) is 0 Å². The minimum Gasteiger partial charge on any atom is -0.508 e. The number of rotatable bonds is 6. The Morgan fingerprint density at radius 3 is 2.80 bits per heavy atom. The number of nitrogens with one attached hydrogen (secondary N) is 1. The van der Waals surface area contributed by atoms with Crippen molar-refractivity contribution in [2.75, 3.05) is 19.6 Å². The van der Waals surface area contributed by atoms with E-state index in [2.05, 4.69) is 14.1 Å². The summed E-state index contributed by atoms with van der Waals surface area (Å²) in [6.07, 6.45) is 1.92. The summed E-state index contributed by atoms with van der Waals surface area (Å²) in [5, 5.41) is 12.2. The van der Waals surface area contributed by atoms with Crippen LogP contribution in [-0.4, -0.2) is 52.1 Å². The molecule has 1 amide bonds. The Morgan fingerprint density at radius 2 is 2.00 bits per heavy atom. The maximum atomic E-state index is 13.2. The average Bonchev–Trinajstić information content (AvgIpc) is 3.24. The summed E-state index contributed by atoms with van der Waals surface area (Å²) < 4.78 is 36.0. The highest BCUT2D eigenvalue weighted by Gasteiger charge is 2.34. The molecule has 0 unspecified atom stereocenters. The van der Waals surface area contributed by atoms with E-state index in [1.54, 1.807) is 30.3 Å². The molecule has 10 heteroatoms. The first-order valence-electron chi connectivity index (χ1n) is 9.72. The Bertz CT molecular complexity index is 1150. The summed E-state index contributed by atoms with van der Waals surface area (Å²) >= 11 is 0.982. The number of piperidine rings is 1. The summed E-state index contributed by atoms with van der Waals surface area (Å²) in [5.41, 5.74) is 1.94. The molecule has 1 atom stereocenters. The summed E-state index contributed by atoms with van der Waals surface area (Å²) in [6, 6.07) is 11.8. The van der Waals surface area contributed by atoms with Gasteiger partial charge in [-0.05, 0) is 49.1 Å². The predicted molar refractivity (Wildman–Crippen MR) is 114 cm³/mol. The Hall–Kier alpha value is -2.56. The molecule has 30 heavy (non-hydrogen) atoms. The lowest BCUT2D eigenvalue weighted by Gasteiger charge is -2.31. The van der Waals surface area contributed by atoms with E-state index in [1.165, 1.54) is 4.31 Å². The van der Waals surface area contributed by atoms with Gasteiger partial charge in [0.25, 0.3) is 0 Å². The highest BCUT2D eigenvalue weighted by atomic mass is 32.2. The van der Waals surface area contributed by atoms with Crippen molar-refractivity contribution in [2.45, 2.75) is 24.2 Å². The van der Waals surface area contributed by atoms with Gasteiger partial charge in [0, 0.05) is 19.6 Å². The molecule has 8 nitrogen and oxygen atoms in total. The van der Waals surface area contributed by atoms with E-state index in [1.807, 2.05) is 12.1 Å². The summed E-state index contributed by atoms with van der Waals surface area (Å²) in [5.74, 6) is -0.321. The zero-order chi connectivity index (χ0) is 21.1. The van der Waals surface area contributed by atoms with Gasteiger partial charge in [-0.3, -0.25) is 4.79 Å². The maximum absolute atomic E-state index is 13.2. The van der Waals surface area contributed by atoms with E-state index >= 15 is 0 Å². The number of phenols is 1. The van der Waals surface area contributed by atoms with E-state index in [-0.39, 0.29) is 29.0 Å². The summed E-state index contributed by atoms with van der Waals surface area (Å²) in [4.78, 5) is 12.8. The molecule has 0 spiro atoms. The molecule has 2 aromatic carbocycles. The van der Waals surface area contributed by atoms with E-state index in [9.17, 15) is 18.3 Å². The zero-order valence-corrected chi connectivity index (χ0v) is 17.8. The number of nitrogens with zero attached hydrogens (tertiary/aromatic N) is 3. The van der Waals surface area contributed by atoms with Crippen LogP contribution in [0.2, 0.25) is 0 Å². The number of amides is 1. The fourth-order valence-corrected chi connectivity index (χ4v) is 5.92. The van der Waals surface area contributed by atoms with Crippen LogP contribution in [0.1, 0.15) is 18.4 Å². The standard InChI is InChI=1S/C20H22N4O4S2/c25-16-8-6-14(7-9-16)10-11-21-20(26)15-3-2-12-24(13-15)30(27,28)18-5-1-4-17-19(18)23-29-22-17/h1,4-9,15,25H,2-3,10-13H2,(H,21,26)/t15-/m1/s1. The molecule has 0 aliphatic carbocycles. The lowest BCUT2D eigenvalue weighted by molar-refractivity contribution is -0.126. The van der Waals surface area contributed by atoms with Crippen LogP contribution in [0.15, 0.2) is 47.4 Å². The number of sulfonamides is 1. The highest BCUT2D eigenvalue weighted by Crippen LogP contribution is 2.28. The molecule has 1 fully saturated rings. The number of aromatic nitrogens is 2. The van der Waals surface area contributed by atoms with E-state index in [4.69, 9.17) is 0 Å². The fraction of sp³-hybridized carbons (Fsp3) is 0.350. The molecule has 1 saturated heterocycles. The van der Waals surface area contributed by atoms with Crippen molar-refractivity contribution in [2.24, 2.45) is 5.92 Å². The number of carbonyl (C=O) groups excluding carboxylic acids is 1. The molecule has 158 valence electrons. The Labute approximate surface area is 178 Å². The quantitative estimate of drug-likeness (QED) is 0.600. The molecular formula is C20H22N4O4S2. The van der Waals surface area contributed by atoms with Gasteiger partial charge in [-0.25, -0.2) is 8.42 Å². The molecule has 3 aromatic rings. The van der Waals surface area contributed by atoms with Crippen LogP contribution in [-0.2, 0) is 21.2 Å². The second-order valence-corrected chi connectivity index (χ2v) is 9.73. The second-order valence-electron chi connectivity index (χ2n) is 7.30. The largest absolute Gasteiger partial charge is 0.508 e. The normalized spacial score (nSPS) is 17.8. The molecule has 4 rings (SSSR count). The van der Waals surface area contributed by atoms with Gasteiger partial charge in [0.1, 0.15) is 21.7 Å². The maximum Gasteiger partial charge on any atom is 0.245 e. The number of fused-ring (bicyclic) bond motifs is 1. The average molecular weight is 447 g/mol. The van der Waals surface area contributed by atoms with Gasteiger partial charge in [-0.15, -0.1) is 0 Å². The topological polar surface area (TPSA) is 112 Å². The van der Waals surface area contributed by atoms with Gasteiger partial charge in [-0.1, -0.05) is 18.2 Å². The number of hydrogen-bond acceptors (Lipinski definition) is 7. The van der Waals surface area contributed by atoms with Crippen molar-refractivity contribution >= 4 is 38.7 Å². The lowest BCUT2D eigenvalue weighted by atomic mass is 9.99. The van der Waals surface area contributed by atoms with Gasteiger partial charge in [0.2, 0.25) is 15.9 Å². The molecule has 1 aliphatic heterocycles. The zero-order valence-electron chi connectivity index (χ0n) is 16.2. The second kappa shape index (κ2) is 8.66. The number of hydrogen-bond donors (Lipinski definition) is 2. The van der Waals surface area contributed by atoms with Crippen molar-refractivity contribution in [1.82, 2.24) is 18.4 Å². The van der Waals surface area contributed by atoms with Crippen LogP contribution in [0, 0.1) is 5.92 Å². The van der Waals surface area contributed by atoms with Crippen molar-refractivity contribution in [3.05, 3.63) is 48.0 Å². The Balaban J connectivity index is 1.40. The van der Waals surface area contributed by atoms with Crippen LogP contribution >= 0.6 is 11.7 Å². The molecule has 0 bridgehead atoms. The third kappa shape index (κ3) is 4.30. The molecule has 1 aromatic heterocycles. The SMILES string of the molecule is O=C(NCCc1ccc(O)cc1)[C@@H]1CCCN(S(=O)(=O)c2cccc3nsnc23)C1. The van der Waals surface area contributed by atoms with Gasteiger partial charge in [0.05, 0.1) is 17.6 Å². The highest BCUT2D eigenvalue weighted by molar-refractivity contribution is 7.89. The van der Waals surface area contributed by atoms with Crippen LogP contribution in [0.3, 0.4) is 0 Å². The number of aromatic hydroxyl groups is 1. The van der Waals surface area contributed by atoms with Crippen molar-refractivity contribution in [3.8, 4) is 5.75 Å². The molecule has 2 heterocycles. The first-order valence-corrected chi connectivity index (χ1v) is 11.9. The van der Waals surface area contributed by atoms with Crippen molar-refractivity contribution in [1.29, 1.82) is 0 Å². The third-order valence-corrected chi connectivity index (χ3v) is 7.71. The minimum absolute atomic E-state index is 0.137. The van der Waals surface area contributed by atoms with Crippen LogP contribution in [0.5, 0.6) is 5.75 Å². The number of carbonyl (C=O) groups is 1. The summed E-state index contributed by atoms with van der Waals surface area (Å²) in [6.45, 7) is 0.992. The monoisotopic (exact) mass is 446 g/mol. The van der Waals surface area contributed by atoms with Gasteiger partial charge in [-0.2, -0.15) is 13.1 Å². The van der Waals surface area contributed by atoms with Gasteiger partial charge in [0.15, 0.2) is 0 Å². The van der Waals surface area contributed by atoms with Crippen molar-refractivity contribution < 1.29 is 18.3 Å². The Morgan fingerprint density at radius 1 is 1.20 bits per heavy atom. The third-order valence-electron chi connectivity index (χ3n) is 5.27. The van der Waals surface area contributed by atoms with Crippen LogP contribution in [0.4, 0.5) is 0 Å². The molecule has 0 saturated carbocycles. The van der Waals surface area contributed by atoms with Crippen LogP contribution in [0.25, 0.3) is 11.0 Å². The molecular weight excluding hydrogens is 424 g/mol. The first kappa shape index (κ1) is 20.7. The lowest BCUT2D eigenvalue weighted by Crippen LogP contribution is -2.45. The number of phenolic OH excluding ortho intramolecular Hbond substituents is 1. The Kier molecular flexibility index (Phi) is 5.98. The van der Waals surface area contributed by atoms with Crippen LogP contribution < -0.4 is 5.32 Å².